The Morgan fingerprint density at radius 1 is 1.17 bits per heavy atom. The maximum atomic E-state index is 11.1. The molecule has 3 nitrogen and oxygen atoms in total. The first-order valence-corrected chi connectivity index (χ1v) is 3.44. The highest BCUT2D eigenvalue weighted by Crippen LogP contribution is 2.11. The first-order valence-electron chi connectivity index (χ1n) is 3.44. The van der Waals surface area contributed by atoms with Gasteiger partial charge >= 0.3 is 0 Å². The zero-order chi connectivity index (χ0) is 8.72. The predicted octanol–water partition coefficient (Wildman–Crippen LogP) is -0.636. The molecule has 1 aromatic rings. The third-order valence-electron chi connectivity index (χ3n) is 1.80. The van der Waals surface area contributed by atoms with Gasteiger partial charge in [0.05, 0.1) is 5.56 Å². The van der Waals surface area contributed by atoms with Crippen LogP contribution in [0.2, 0.25) is 0 Å². The number of carbonyl (C=O) groups excluding carboxylic acids is 2. The summed E-state index contributed by atoms with van der Waals surface area (Å²) in [5.74, 6) is -0.782. The van der Waals surface area contributed by atoms with Crippen LogP contribution in [0.15, 0.2) is 18.2 Å². The quantitative estimate of drug-likeness (QED) is 0.402. The predicted molar refractivity (Wildman–Crippen MR) is 43.6 cm³/mol. The third kappa shape index (κ3) is 0.779. The molecule has 0 aromatic heterocycles. The number of nitrogens with one attached hydrogen (secondary N) is 1. The average molecular weight is 157 g/mol. The van der Waals surface area contributed by atoms with E-state index >= 15 is 0 Å². The van der Waals surface area contributed by atoms with Gasteiger partial charge in [-0.15, -0.1) is 0 Å². The molecule has 0 fully saturated rings. The van der Waals surface area contributed by atoms with Gasteiger partial charge in [0.15, 0.2) is 0 Å². The Kier molecular flexibility index (Phi) is 1.30. The minimum absolute atomic E-state index is 0.294. The molecule has 1 heterocycles. The molecule has 0 atom stereocenters. The van der Waals surface area contributed by atoms with E-state index in [9.17, 15) is 9.59 Å². The summed E-state index contributed by atoms with van der Waals surface area (Å²) in [6, 6.07) is 4.81. The van der Waals surface area contributed by atoms with Crippen LogP contribution in [0.3, 0.4) is 0 Å². The van der Waals surface area contributed by atoms with Crippen molar-refractivity contribution in [3.8, 4) is 0 Å². The number of hydrogen-bond donors (Lipinski definition) is 1. The molecule has 56 valence electrons. The third-order valence-corrected chi connectivity index (χ3v) is 1.80. The second kappa shape index (κ2) is 2.20. The van der Waals surface area contributed by atoms with Crippen LogP contribution >= 0.6 is 0 Å². The van der Waals surface area contributed by atoms with Crippen LogP contribution in [-0.4, -0.2) is 19.7 Å². The largest absolute Gasteiger partial charge is 0.288 e. The van der Waals surface area contributed by atoms with Crippen LogP contribution in [-0.2, 0) is 0 Å². The Balaban J connectivity index is 2.75. The highest BCUT2D eigenvalue weighted by Gasteiger charge is 2.26. The molecule has 12 heavy (non-hydrogen) atoms. The first kappa shape index (κ1) is 7.09. The minimum atomic E-state index is -0.409. The minimum Gasteiger partial charge on any atom is -0.288 e. The van der Waals surface area contributed by atoms with Crippen molar-refractivity contribution in [2.75, 3.05) is 0 Å². The zero-order valence-corrected chi connectivity index (χ0v) is 6.13. The second-order valence-corrected chi connectivity index (χ2v) is 2.55. The summed E-state index contributed by atoms with van der Waals surface area (Å²) in [5.41, 5.74) is 0.998. The molecule has 0 bridgehead atoms. The molecule has 0 aliphatic carbocycles. The number of fused-ring (bicyclic) bond motifs is 1. The van der Waals surface area contributed by atoms with Gasteiger partial charge in [0.2, 0.25) is 0 Å². The molecule has 1 aromatic carbocycles. The van der Waals surface area contributed by atoms with Gasteiger partial charge in [0.1, 0.15) is 7.85 Å². The van der Waals surface area contributed by atoms with E-state index in [1.165, 1.54) is 0 Å². The molecule has 1 aliphatic rings. The monoisotopic (exact) mass is 157 g/mol. The lowest BCUT2D eigenvalue weighted by Gasteiger charge is -1.97. The fourth-order valence-electron chi connectivity index (χ4n) is 1.25. The van der Waals surface area contributed by atoms with E-state index in [1.807, 2.05) is 0 Å². The van der Waals surface area contributed by atoms with E-state index < -0.39 is 5.91 Å². The summed E-state index contributed by atoms with van der Waals surface area (Å²) in [4.78, 5) is 22.1. The van der Waals surface area contributed by atoms with E-state index in [-0.39, 0.29) is 5.91 Å². The molecule has 2 rings (SSSR count). The topological polar surface area (TPSA) is 46.2 Å². The number of carbonyl (C=O) groups is 2. The van der Waals surface area contributed by atoms with Crippen LogP contribution in [0.1, 0.15) is 20.7 Å². The Labute approximate surface area is 70.2 Å². The maximum Gasteiger partial charge on any atom is 0.258 e. The molecule has 1 aliphatic heterocycles. The van der Waals surface area contributed by atoms with E-state index in [2.05, 4.69) is 5.32 Å². The van der Waals surface area contributed by atoms with Crippen molar-refractivity contribution in [3.05, 3.63) is 29.3 Å². The van der Waals surface area contributed by atoms with Gasteiger partial charge in [-0.25, -0.2) is 0 Å². The molecule has 2 radical (unpaired) electrons. The molecule has 0 spiro atoms. The number of hydrogen-bond acceptors (Lipinski definition) is 2. The van der Waals surface area contributed by atoms with E-state index in [0.29, 0.717) is 16.6 Å². The van der Waals surface area contributed by atoms with E-state index in [0.717, 1.165) is 0 Å². The lowest BCUT2D eigenvalue weighted by atomic mass is 9.88. The average Bonchev–Trinajstić information content (AvgIpc) is 2.29. The summed E-state index contributed by atoms with van der Waals surface area (Å²) >= 11 is 0. The number of imide groups is 1. The molecule has 0 saturated carbocycles. The van der Waals surface area contributed by atoms with Crippen LogP contribution in [0, 0.1) is 0 Å². The van der Waals surface area contributed by atoms with Crippen LogP contribution in [0.25, 0.3) is 0 Å². The van der Waals surface area contributed by atoms with Crippen molar-refractivity contribution in [1.29, 1.82) is 0 Å². The van der Waals surface area contributed by atoms with Crippen LogP contribution in [0.4, 0.5) is 0 Å². The van der Waals surface area contributed by atoms with Gasteiger partial charge in [-0.1, -0.05) is 17.6 Å². The van der Waals surface area contributed by atoms with Crippen molar-refractivity contribution >= 4 is 25.1 Å². The lowest BCUT2D eigenvalue weighted by molar-refractivity contribution is 0.0880. The summed E-state index contributed by atoms with van der Waals surface area (Å²) in [6.45, 7) is 0. The van der Waals surface area contributed by atoms with Crippen LogP contribution in [0.5, 0.6) is 0 Å². The Morgan fingerprint density at radius 2 is 1.92 bits per heavy atom. The van der Waals surface area contributed by atoms with Gasteiger partial charge in [-0.05, 0) is 6.07 Å². The Bertz CT molecular complexity index is 387. The Morgan fingerprint density at radius 3 is 2.58 bits per heavy atom. The molecule has 2 amide bonds. The van der Waals surface area contributed by atoms with Crippen molar-refractivity contribution in [2.45, 2.75) is 0 Å². The molecule has 4 heteroatoms. The fraction of sp³-hybridized carbons (Fsp3) is 0. The second-order valence-electron chi connectivity index (χ2n) is 2.55. The molecule has 0 unspecified atom stereocenters. The summed E-state index contributed by atoms with van der Waals surface area (Å²) in [7, 11) is 5.51. The standard InChI is InChI=1S/C8H4BNO2/c9-5-3-1-2-4-6(5)8(12)10-7(4)11/h1-3H,(H,10,11,12). The smallest absolute Gasteiger partial charge is 0.258 e. The normalized spacial score (nSPS) is 14.3. The highest BCUT2D eigenvalue weighted by atomic mass is 16.2. The van der Waals surface area contributed by atoms with Gasteiger partial charge in [0.25, 0.3) is 11.8 Å². The van der Waals surface area contributed by atoms with Crippen molar-refractivity contribution in [2.24, 2.45) is 0 Å². The molecular formula is C8H4BNO2. The summed E-state index contributed by atoms with van der Waals surface area (Å²) < 4.78 is 0. The maximum absolute atomic E-state index is 11.1. The fourth-order valence-corrected chi connectivity index (χ4v) is 1.25. The molecule has 1 N–H and O–H groups in total. The van der Waals surface area contributed by atoms with Gasteiger partial charge in [-0.2, -0.15) is 0 Å². The van der Waals surface area contributed by atoms with Crippen molar-refractivity contribution in [3.63, 3.8) is 0 Å². The van der Waals surface area contributed by atoms with E-state index in [1.54, 1.807) is 18.2 Å². The lowest BCUT2D eigenvalue weighted by Crippen LogP contribution is -2.22. The van der Waals surface area contributed by atoms with Gasteiger partial charge < -0.3 is 0 Å². The highest BCUT2D eigenvalue weighted by molar-refractivity contribution is 6.40. The van der Waals surface area contributed by atoms with Crippen LogP contribution < -0.4 is 10.8 Å². The van der Waals surface area contributed by atoms with E-state index in [4.69, 9.17) is 7.85 Å². The van der Waals surface area contributed by atoms with Gasteiger partial charge in [-0.3, -0.25) is 14.9 Å². The SMILES string of the molecule is [B]c1cccc2c1C(=O)NC2=O. The van der Waals surface area contributed by atoms with Crippen molar-refractivity contribution in [1.82, 2.24) is 5.32 Å². The number of rotatable bonds is 0. The molecular weight excluding hydrogens is 153 g/mol. The summed E-state index contributed by atoms with van der Waals surface area (Å²) in [5, 5.41) is 2.17. The number of amides is 2. The van der Waals surface area contributed by atoms with Gasteiger partial charge in [0, 0.05) is 5.56 Å². The molecule has 0 saturated heterocycles. The summed E-state index contributed by atoms with van der Waals surface area (Å²) in [6.07, 6.45) is 0. The number of benzene rings is 1. The zero-order valence-electron chi connectivity index (χ0n) is 6.13. The first-order chi connectivity index (χ1) is 5.70. The Hall–Kier alpha value is -1.58. The van der Waals surface area contributed by atoms with Crippen molar-refractivity contribution < 1.29 is 9.59 Å².